The zero-order valence-corrected chi connectivity index (χ0v) is 18.2. The third kappa shape index (κ3) is 5.84. The number of nitrogens with one attached hydrogen (secondary N) is 2. The second-order valence-electron chi connectivity index (χ2n) is 8.48. The maximum atomic E-state index is 12.6. The Kier molecular flexibility index (Phi) is 8.15. The minimum absolute atomic E-state index is 0.0375. The number of hydrogen-bond acceptors (Lipinski definition) is 4. The molecular formula is C21H38N6O2. The van der Waals surface area contributed by atoms with Crippen molar-refractivity contribution in [2.75, 3.05) is 59.4 Å². The number of carbonyl (C=O) groups excluding carboxylic acids is 2. The fourth-order valence-electron chi connectivity index (χ4n) is 4.33. The molecule has 29 heavy (non-hydrogen) atoms. The van der Waals surface area contributed by atoms with E-state index in [0.29, 0.717) is 6.54 Å². The van der Waals surface area contributed by atoms with Crippen LogP contribution in [0.25, 0.3) is 0 Å². The Morgan fingerprint density at radius 2 is 1.59 bits per heavy atom. The molecule has 8 nitrogen and oxygen atoms in total. The van der Waals surface area contributed by atoms with Gasteiger partial charge in [0.25, 0.3) is 0 Å². The van der Waals surface area contributed by atoms with Crippen molar-refractivity contribution in [1.82, 2.24) is 25.3 Å². The number of rotatable bonds is 7. The molecule has 1 saturated carbocycles. The van der Waals surface area contributed by atoms with Crippen LogP contribution in [0.1, 0.15) is 45.4 Å². The van der Waals surface area contributed by atoms with Crippen LogP contribution in [0.3, 0.4) is 0 Å². The number of nitrogens with zero attached hydrogens (tertiary/aromatic N) is 4. The van der Waals surface area contributed by atoms with Gasteiger partial charge in [-0.3, -0.25) is 19.5 Å². The average Bonchev–Trinajstić information content (AvgIpc) is 3.23. The summed E-state index contributed by atoms with van der Waals surface area (Å²) in [7, 11) is 1.81. The largest absolute Gasteiger partial charge is 0.356 e. The molecule has 2 aliphatic heterocycles. The monoisotopic (exact) mass is 406 g/mol. The lowest BCUT2D eigenvalue weighted by Crippen LogP contribution is -2.57. The van der Waals surface area contributed by atoms with Crippen LogP contribution >= 0.6 is 0 Å². The van der Waals surface area contributed by atoms with E-state index < -0.39 is 0 Å². The van der Waals surface area contributed by atoms with Gasteiger partial charge >= 0.3 is 0 Å². The maximum Gasteiger partial charge on any atom is 0.239 e. The van der Waals surface area contributed by atoms with Crippen molar-refractivity contribution in [1.29, 1.82) is 0 Å². The minimum atomic E-state index is -0.0375. The van der Waals surface area contributed by atoms with E-state index in [9.17, 15) is 9.59 Å². The predicted octanol–water partition coefficient (Wildman–Crippen LogP) is 0.497. The summed E-state index contributed by atoms with van der Waals surface area (Å²) in [6.45, 7) is 8.87. The molecule has 8 heteroatoms. The fourth-order valence-corrected chi connectivity index (χ4v) is 4.33. The number of guanidine groups is 1. The van der Waals surface area contributed by atoms with Gasteiger partial charge in [0.05, 0.1) is 6.04 Å². The summed E-state index contributed by atoms with van der Waals surface area (Å²) in [6.07, 6.45) is 6.44. The van der Waals surface area contributed by atoms with Crippen molar-refractivity contribution in [3.8, 4) is 0 Å². The molecule has 0 aromatic carbocycles. The number of likely N-dealkylation sites (tertiary alicyclic amines) is 1. The summed E-state index contributed by atoms with van der Waals surface area (Å²) in [5, 5.41) is 6.45. The van der Waals surface area contributed by atoms with Crippen LogP contribution < -0.4 is 10.6 Å². The van der Waals surface area contributed by atoms with E-state index in [1.165, 1.54) is 6.42 Å². The van der Waals surface area contributed by atoms with Gasteiger partial charge < -0.3 is 20.4 Å². The third-order valence-corrected chi connectivity index (χ3v) is 6.56. The first kappa shape index (κ1) is 21.9. The summed E-state index contributed by atoms with van der Waals surface area (Å²) >= 11 is 0. The first-order valence-corrected chi connectivity index (χ1v) is 11.4. The topological polar surface area (TPSA) is 80.3 Å². The lowest BCUT2D eigenvalue weighted by atomic mass is 9.85. The summed E-state index contributed by atoms with van der Waals surface area (Å²) in [4.78, 5) is 35.5. The first-order valence-electron chi connectivity index (χ1n) is 11.4. The molecule has 3 rings (SSSR count). The summed E-state index contributed by atoms with van der Waals surface area (Å²) in [5.74, 6) is 1.66. The van der Waals surface area contributed by atoms with Gasteiger partial charge in [-0.05, 0) is 39.0 Å². The van der Waals surface area contributed by atoms with E-state index in [4.69, 9.17) is 0 Å². The highest BCUT2D eigenvalue weighted by Crippen LogP contribution is 2.26. The van der Waals surface area contributed by atoms with Crippen LogP contribution in [0.15, 0.2) is 4.99 Å². The molecule has 2 amide bonds. The summed E-state index contributed by atoms with van der Waals surface area (Å²) in [5.41, 5.74) is 0. The molecule has 3 fully saturated rings. The molecule has 164 valence electrons. The van der Waals surface area contributed by atoms with Gasteiger partial charge in [0.1, 0.15) is 0 Å². The van der Waals surface area contributed by atoms with Crippen molar-refractivity contribution < 1.29 is 9.59 Å². The van der Waals surface area contributed by atoms with E-state index in [-0.39, 0.29) is 23.8 Å². The van der Waals surface area contributed by atoms with E-state index in [2.05, 4.69) is 25.4 Å². The highest BCUT2D eigenvalue weighted by Gasteiger charge is 2.30. The highest BCUT2D eigenvalue weighted by molar-refractivity contribution is 5.82. The quantitative estimate of drug-likeness (QED) is 0.366. The Hall–Kier alpha value is -1.83. The molecule has 2 heterocycles. The molecule has 3 aliphatic rings. The van der Waals surface area contributed by atoms with Crippen LogP contribution in [0, 0.1) is 5.92 Å². The van der Waals surface area contributed by atoms with Gasteiger partial charge in [-0.25, -0.2) is 0 Å². The molecule has 0 spiro atoms. The Morgan fingerprint density at radius 1 is 0.931 bits per heavy atom. The number of carbonyl (C=O) groups is 2. The molecule has 0 aromatic heterocycles. The first-order chi connectivity index (χ1) is 14.1. The molecule has 2 saturated heterocycles. The molecule has 1 unspecified atom stereocenters. The van der Waals surface area contributed by atoms with Crippen molar-refractivity contribution in [2.45, 2.75) is 51.5 Å². The van der Waals surface area contributed by atoms with Gasteiger partial charge in [-0.2, -0.15) is 0 Å². The highest BCUT2D eigenvalue weighted by atomic mass is 16.2. The normalized spacial score (nSPS) is 22.3. The zero-order valence-electron chi connectivity index (χ0n) is 18.2. The van der Waals surface area contributed by atoms with Crippen LogP contribution in [-0.4, -0.2) is 97.9 Å². The fraction of sp³-hybridized carbons (Fsp3) is 0.857. The minimum Gasteiger partial charge on any atom is -0.356 e. The van der Waals surface area contributed by atoms with Gasteiger partial charge in [-0.15, -0.1) is 0 Å². The third-order valence-electron chi connectivity index (χ3n) is 6.56. The Balaban J connectivity index is 1.32. The SMILES string of the molecule is CN=C(NCCCNC(=O)C1CCC1)N1CCN(C(C)C(=O)N2CCCC2)CC1. The lowest BCUT2D eigenvalue weighted by Gasteiger charge is -2.39. The molecule has 0 aromatic rings. The molecule has 1 aliphatic carbocycles. The van der Waals surface area contributed by atoms with E-state index in [0.717, 1.165) is 83.9 Å². The predicted molar refractivity (Wildman–Crippen MR) is 115 cm³/mol. The number of aliphatic imine (C=N–C) groups is 1. The Bertz CT molecular complexity index is 578. The lowest BCUT2D eigenvalue weighted by molar-refractivity contribution is -0.135. The average molecular weight is 407 g/mol. The van der Waals surface area contributed by atoms with Gasteiger partial charge in [0.15, 0.2) is 5.96 Å². The summed E-state index contributed by atoms with van der Waals surface area (Å²) < 4.78 is 0. The Morgan fingerprint density at radius 3 is 2.17 bits per heavy atom. The second kappa shape index (κ2) is 10.8. The summed E-state index contributed by atoms with van der Waals surface area (Å²) in [6, 6.07) is -0.0375. The number of amides is 2. The molecule has 2 N–H and O–H groups in total. The van der Waals surface area contributed by atoms with Crippen LogP contribution in [-0.2, 0) is 9.59 Å². The zero-order chi connectivity index (χ0) is 20.6. The molecular weight excluding hydrogens is 368 g/mol. The van der Waals surface area contributed by atoms with Gasteiger partial charge in [-0.1, -0.05) is 6.42 Å². The van der Waals surface area contributed by atoms with Crippen LogP contribution in [0.4, 0.5) is 0 Å². The molecule has 0 bridgehead atoms. The van der Waals surface area contributed by atoms with E-state index in [1.54, 1.807) is 0 Å². The van der Waals surface area contributed by atoms with Gasteiger partial charge in [0, 0.05) is 65.3 Å². The molecule has 0 radical (unpaired) electrons. The van der Waals surface area contributed by atoms with Crippen LogP contribution in [0.2, 0.25) is 0 Å². The number of hydrogen-bond donors (Lipinski definition) is 2. The van der Waals surface area contributed by atoms with E-state index >= 15 is 0 Å². The van der Waals surface area contributed by atoms with Crippen molar-refractivity contribution in [3.63, 3.8) is 0 Å². The standard InChI is InChI=1S/C21H38N6O2/c1-17(20(29)26-11-3-4-12-26)25-13-15-27(16-14-25)21(22-2)24-10-6-9-23-19(28)18-7-5-8-18/h17-18H,3-16H2,1-2H3,(H,22,24)(H,23,28). The van der Waals surface area contributed by atoms with Gasteiger partial charge in [0.2, 0.25) is 11.8 Å². The van der Waals surface area contributed by atoms with Crippen LogP contribution in [0.5, 0.6) is 0 Å². The van der Waals surface area contributed by atoms with Crippen molar-refractivity contribution in [3.05, 3.63) is 0 Å². The van der Waals surface area contributed by atoms with E-state index in [1.807, 2.05) is 18.9 Å². The van der Waals surface area contributed by atoms with Crippen molar-refractivity contribution >= 4 is 17.8 Å². The number of piperazine rings is 1. The second-order valence-corrected chi connectivity index (χ2v) is 8.48. The Labute approximate surface area is 175 Å². The maximum absolute atomic E-state index is 12.6. The molecule has 1 atom stereocenters. The smallest absolute Gasteiger partial charge is 0.239 e. The van der Waals surface area contributed by atoms with Crippen molar-refractivity contribution in [2.24, 2.45) is 10.9 Å².